The molecule has 1 fully saturated rings. The standard InChI is InChI=1S/C18H28N2O/c1-12-9-13(2)18(14(3)10-12)16(5)19-15(4)11-20-8-6-7-17(20)21/h9-10,15-16,19H,6-8,11H2,1-5H3. The number of aryl methyl sites for hydroxylation is 3. The van der Waals surface area contributed by atoms with Crippen LogP contribution in [0.15, 0.2) is 12.1 Å². The van der Waals surface area contributed by atoms with Gasteiger partial charge in [-0.25, -0.2) is 0 Å². The number of carbonyl (C=O) groups is 1. The van der Waals surface area contributed by atoms with Crippen LogP contribution in [0.5, 0.6) is 0 Å². The number of nitrogens with one attached hydrogen (secondary N) is 1. The Balaban J connectivity index is 2.00. The van der Waals surface area contributed by atoms with Gasteiger partial charge in [-0.3, -0.25) is 4.79 Å². The molecule has 0 bridgehead atoms. The zero-order valence-corrected chi connectivity index (χ0v) is 14.0. The largest absolute Gasteiger partial charge is 0.341 e. The molecule has 1 saturated heterocycles. The van der Waals surface area contributed by atoms with Gasteiger partial charge < -0.3 is 10.2 Å². The second kappa shape index (κ2) is 6.61. The Morgan fingerprint density at radius 2 is 1.81 bits per heavy atom. The molecule has 2 unspecified atom stereocenters. The molecule has 0 spiro atoms. The van der Waals surface area contributed by atoms with Crippen LogP contribution in [0.3, 0.4) is 0 Å². The van der Waals surface area contributed by atoms with Crippen LogP contribution in [0.25, 0.3) is 0 Å². The van der Waals surface area contributed by atoms with Crippen molar-refractivity contribution in [2.75, 3.05) is 13.1 Å². The summed E-state index contributed by atoms with van der Waals surface area (Å²) in [4.78, 5) is 13.7. The highest BCUT2D eigenvalue weighted by Crippen LogP contribution is 2.24. The van der Waals surface area contributed by atoms with E-state index in [9.17, 15) is 4.79 Å². The Hall–Kier alpha value is -1.35. The molecule has 2 rings (SSSR count). The number of nitrogens with zero attached hydrogens (tertiary/aromatic N) is 1. The lowest BCUT2D eigenvalue weighted by molar-refractivity contribution is -0.127. The van der Waals surface area contributed by atoms with Gasteiger partial charge in [0, 0.05) is 31.6 Å². The Morgan fingerprint density at radius 3 is 2.33 bits per heavy atom. The minimum absolute atomic E-state index is 0.304. The predicted octanol–water partition coefficient (Wildman–Crippen LogP) is 3.27. The van der Waals surface area contributed by atoms with Crippen molar-refractivity contribution in [3.8, 4) is 0 Å². The number of likely N-dealkylation sites (tertiary alicyclic amines) is 1. The molecule has 1 aliphatic rings. The molecule has 0 saturated carbocycles. The number of amides is 1. The molecule has 0 aromatic heterocycles. The van der Waals surface area contributed by atoms with Gasteiger partial charge >= 0.3 is 0 Å². The van der Waals surface area contributed by atoms with Crippen LogP contribution in [0.4, 0.5) is 0 Å². The van der Waals surface area contributed by atoms with E-state index in [1.165, 1.54) is 22.3 Å². The zero-order chi connectivity index (χ0) is 15.6. The first-order chi connectivity index (χ1) is 9.88. The van der Waals surface area contributed by atoms with E-state index in [1.54, 1.807) is 0 Å². The summed E-state index contributed by atoms with van der Waals surface area (Å²) in [6.07, 6.45) is 1.73. The first kappa shape index (κ1) is 16.0. The molecule has 2 atom stereocenters. The van der Waals surface area contributed by atoms with Gasteiger partial charge in [-0.15, -0.1) is 0 Å². The van der Waals surface area contributed by atoms with Crippen molar-refractivity contribution >= 4 is 5.91 Å². The Bertz CT molecular complexity index is 501. The predicted molar refractivity (Wildman–Crippen MR) is 87.5 cm³/mol. The van der Waals surface area contributed by atoms with Gasteiger partial charge in [0.25, 0.3) is 0 Å². The maximum atomic E-state index is 11.7. The van der Waals surface area contributed by atoms with Gasteiger partial charge in [-0.2, -0.15) is 0 Å². The summed E-state index contributed by atoms with van der Waals surface area (Å²) in [5.74, 6) is 0.305. The summed E-state index contributed by atoms with van der Waals surface area (Å²) in [7, 11) is 0. The summed E-state index contributed by atoms with van der Waals surface area (Å²) in [6, 6.07) is 5.10. The van der Waals surface area contributed by atoms with Gasteiger partial charge in [0.2, 0.25) is 5.91 Å². The average Bonchev–Trinajstić information content (AvgIpc) is 2.73. The Kier molecular flexibility index (Phi) is 5.04. The molecule has 1 aromatic rings. The van der Waals surface area contributed by atoms with E-state index >= 15 is 0 Å². The second-order valence-electron chi connectivity index (χ2n) is 6.55. The molecule has 1 aromatic carbocycles. The van der Waals surface area contributed by atoms with Crippen molar-refractivity contribution in [1.82, 2.24) is 10.2 Å². The van der Waals surface area contributed by atoms with E-state index in [0.717, 1.165) is 25.9 Å². The highest BCUT2D eigenvalue weighted by molar-refractivity contribution is 5.78. The lowest BCUT2D eigenvalue weighted by atomic mass is 9.94. The smallest absolute Gasteiger partial charge is 0.222 e. The Labute approximate surface area is 128 Å². The molecule has 116 valence electrons. The van der Waals surface area contributed by atoms with E-state index in [0.29, 0.717) is 18.0 Å². The van der Waals surface area contributed by atoms with Crippen molar-refractivity contribution in [3.05, 3.63) is 34.4 Å². The molecule has 3 nitrogen and oxygen atoms in total. The fraction of sp³-hybridized carbons (Fsp3) is 0.611. The third-order valence-corrected chi connectivity index (χ3v) is 4.37. The van der Waals surface area contributed by atoms with E-state index in [4.69, 9.17) is 0 Å². The van der Waals surface area contributed by atoms with Crippen LogP contribution < -0.4 is 5.32 Å². The number of carbonyl (C=O) groups excluding carboxylic acids is 1. The van der Waals surface area contributed by atoms with E-state index in [1.807, 2.05) is 4.90 Å². The first-order valence-corrected chi connectivity index (χ1v) is 8.00. The van der Waals surface area contributed by atoms with Crippen molar-refractivity contribution in [3.63, 3.8) is 0 Å². The van der Waals surface area contributed by atoms with Crippen molar-refractivity contribution in [2.45, 2.75) is 59.5 Å². The Morgan fingerprint density at radius 1 is 1.19 bits per heavy atom. The molecular formula is C18H28N2O. The molecular weight excluding hydrogens is 260 g/mol. The zero-order valence-electron chi connectivity index (χ0n) is 14.0. The third kappa shape index (κ3) is 3.85. The topological polar surface area (TPSA) is 32.3 Å². The molecule has 21 heavy (non-hydrogen) atoms. The van der Waals surface area contributed by atoms with Gasteiger partial charge in [0.1, 0.15) is 0 Å². The second-order valence-corrected chi connectivity index (χ2v) is 6.55. The van der Waals surface area contributed by atoms with Gasteiger partial charge in [0.15, 0.2) is 0 Å². The summed E-state index contributed by atoms with van der Waals surface area (Å²) >= 11 is 0. The van der Waals surface area contributed by atoms with Gasteiger partial charge in [-0.1, -0.05) is 17.7 Å². The lowest BCUT2D eigenvalue weighted by Gasteiger charge is -2.27. The summed E-state index contributed by atoms with van der Waals surface area (Å²) in [5.41, 5.74) is 5.39. The number of benzene rings is 1. The monoisotopic (exact) mass is 288 g/mol. The lowest BCUT2D eigenvalue weighted by Crippen LogP contribution is -2.41. The van der Waals surface area contributed by atoms with Crippen LogP contribution in [0.2, 0.25) is 0 Å². The molecule has 1 heterocycles. The maximum Gasteiger partial charge on any atom is 0.222 e. The van der Waals surface area contributed by atoms with Crippen molar-refractivity contribution in [1.29, 1.82) is 0 Å². The van der Waals surface area contributed by atoms with E-state index in [-0.39, 0.29) is 0 Å². The highest BCUT2D eigenvalue weighted by Gasteiger charge is 2.23. The summed E-state index contributed by atoms with van der Waals surface area (Å²) in [6.45, 7) is 12.6. The quantitative estimate of drug-likeness (QED) is 0.902. The van der Waals surface area contributed by atoms with Crippen LogP contribution in [0, 0.1) is 20.8 Å². The van der Waals surface area contributed by atoms with E-state index in [2.05, 4.69) is 52.1 Å². The fourth-order valence-electron chi connectivity index (χ4n) is 3.66. The summed E-state index contributed by atoms with van der Waals surface area (Å²) < 4.78 is 0. The number of rotatable bonds is 5. The molecule has 1 amide bonds. The third-order valence-electron chi connectivity index (χ3n) is 4.37. The average molecular weight is 288 g/mol. The molecule has 0 radical (unpaired) electrons. The van der Waals surface area contributed by atoms with Crippen LogP contribution in [-0.2, 0) is 4.79 Å². The molecule has 1 aliphatic heterocycles. The molecule has 1 N–H and O–H groups in total. The van der Waals surface area contributed by atoms with Gasteiger partial charge in [-0.05, 0) is 57.7 Å². The van der Waals surface area contributed by atoms with Crippen molar-refractivity contribution in [2.24, 2.45) is 0 Å². The molecule has 3 heteroatoms. The maximum absolute atomic E-state index is 11.7. The normalized spacial score (nSPS) is 18.1. The van der Waals surface area contributed by atoms with Crippen LogP contribution in [-0.4, -0.2) is 29.9 Å². The SMILES string of the molecule is Cc1cc(C)c(C(C)NC(C)CN2CCCC2=O)c(C)c1. The van der Waals surface area contributed by atoms with Gasteiger partial charge in [0.05, 0.1) is 0 Å². The fourth-order valence-corrected chi connectivity index (χ4v) is 3.66. The number of hydrogen-bond acceptors (Lipinski definition) is 2. The van der Waals surface area contributed by atoms with Crippen LogP contribution in [0.1, 0.15) is 55.0 Å². The van der Waals surface area contributed by atoms with E-state index < -0.39 is 0 Å². The minimum atomic E-state index is 0.304. The highest BCUT2D eigenvalue weighted by atomic mass is 16.2. The number of hydrogen-bond donors (Lipinski definition) is 1. The first-order valence-electron chi connectivity index (χ1n) is 8.00. The minimum Gasteiger partial charge on any atom is -0.341 e. The molecule has 0 aliphatic carbocycles. The van der Waals surface area contributed by atoms with Crippen molar-refractivity contribution < 1.29 is 4.79 Å². The van der Waals surface area contributed by atoms with Crippen LogP contribution >= 0.6 is 0 Å². The summed E-state index contributed by atoms with van der Waals surface area (Å²) in [5, 5.41) is 3.65.